The molecule has 1 amide bonds. The van der Waals surface area contributed by atoms with Gasteiger partial charge in [0.25, 0.3) is 0 Å². The van der Waals surface area contributed by atoms with Gasteiger partial charge in [-0.2, -0.15) is 0 Å². The van der Waals surface area contributed by atoms with E-state index in [1.165, 1.54) is 12.1 Å². The van der Waals surface area contributed by atoms with Gasteiger partial charge in [0.15, 0.2) is 0 Å². The number of nitrogens with one attached hydrogen (secondary N) is 2. The first-order chi connectivity index (χ1) is 14.9. The molecule has 0 saturated carbocycles. The van der Waals surface area contributed by atoms with E-state index in [1.54, 1.807) is 24.4 Å². The summed E-state index contributed by atoms with van der Waals surface area (Å²) in [4.78, 5) is 16.6. The molecule has 0 aliphatic heterocycles. The minimum absolute atomic E-state index is 0.0364. The summed E-state index contributed by atoms with van der Waals surface area (Å²) < 4.78 is 24.4. The number of hydrogen-bond acceptors (Lipinski definition) is 6. The summed E-state index contributed by atoms with van der Waals surface area (Å²) in [5.41, 5.74) is 2.09. The lowest BCUT2D eigenvalue weighted by atomic mass is 10.0. The number of fused-ring (bicyclic) bond motifs is 1. The van der Waals surface area contributed by atoms with Crippen molar-refractivity contribution in [3.8, 4) is 11.1 Å². The normalized spacial score (nSPS) is 11.5. The lowest BCUT2D eigenvalue weighted by Gasteiger charge is -2.13. The Morgan fingerprint density at radius 3 is 2.61 bits per heavy atom. The van der Waals surface area contributed by atoms with Gasteiger partial charge in [0, 0.05) is 35.0 Å². The number of carbonyl (C=O) groups is 1. The number of benzene rings is 2. The second-order valence-corrected chi connectivity index (χ2v) is 8.68. The maximum absolute atomic E-state index is 12.3. The molecule has 0 bridgehead atoms. The second-order valence-electron chi connectivity index (χ2n) is 7.15. The number of nitrogens with zero attached hydrogens (tertiary/aromatic N) is 1. The van der Waals surface area contributed by atoms with Gasteiger partial charge in [-0.3, -0.25) is 9.78 Å². The van der Waals surface area contributed by atoms with Crippen molar-refractivity contribution in [2.45, 2.75) is 24.2 Å². The number of aromatic nitrogens is 1. The molecular formula is C22H26N4O4S. The quantitative estimate of drug-likeness (QED) is 0.356. The lowest BCUT2D eigenvalue weighted by Crippen LogP contribution is -2.28. The van der Waals surface area contributed by atoms with E-state index in [9.17, 15) is 13.2 Å². The van der Waals surface area contributed by atoms with E-state index in [-0.39, 0.29) is 24.0 Å². The summed E-state index contributed by atoms with van der Waals surface area (Å²) in [6.45, 7) is 0.968. The van der Waals surface area contributed by atoms with Crippen molar-refractivity contribution in [3.63, 3.8) is 0 Å². The third kappa shape index (κ3) is 6.08. The summed E-state index contributed by atoms with van der Waals surface area (Å²) >= 11 is 0. The highest BCUT2D eigenvalue weighted by molar-refractivity contribution is 7.89. The molecule has 9 heteroatoms. The van der Waals surface area contributed by atoms with Gasteiger partial charge >= 0.3 is 0 Å². The largest absolute Gasteiger partial charge is 0.396 e. The molecule has 1 aromatic heterocycles. The molecule has 1 heterocycles. The maximum atomic E-state index is 12.3. The van der Waals surface area contributed by atoms with E-state index in [0.29, 0.717) is 28.9 Å². The SMILES string of the molecule is NS(=O)(=O)c1ccc(NC(=O)CNCCCCCO)cc1-c1cccc2cccnc12. The van der Waals surface area contributed by atoms with Crippen LogP contribution in [0, 0.1) is 0 Å². The van der Waals surface area contributed by atoms with Crippen LogP contribution < -0.4 is 15.8 Å². The summed E-state index contributed by atoms with van der Waals surface area (Å²) in [6.07, 6.45) is 4.15. The average molecular weight is 443 g/mol. The fourth-order valence-corrected chi connectivity index (χ4v) is 4.07. The fraction of sp³-hybridized carbons (Fsp3) is 0.273. The zero-order valence-electron chi connectivity index (χ0n) is 17.0. The van der Waals surface area contributed by atoms with Crippen LogP contribution in [-0.2, 0) is 14.8 Å². The van der Waals surface area contributed by atoms with E-state index in [2.05, 4.69) is 15.6 Å². The molecule has 0 spiro atoms. The number of unbranched alkanes of at least 4 members (excludes halogenated alkanes) is 2. The van der Waals surface area contributed by atoms with Crippen molar-refractivity contribution < 1.29 is 18.3 Å². The number of primary sulfonamides is 1. The Kier molecular flexibility index (Phi) is 7.69. The minimum Gasteiger partial charge on any atom is -0.396 e. The zero-order chi connectivity index (χ0) is 22.3. The van der Waals surface area contributed by atoms with Crippen molar-refractivity contribution >= 4 is 32.5 Å². The van der Waals surface area contributed by atoms with Crippen molar-refractivity contribution in [3.05, 3.63) is 54.7 Å². The molecular weight excluding hydrogens is 416 g/mol. The number of anilines is 1. The van der Waals surface area contributed by atoms with Crippen molar-refractivity contribution in [2.24, 2.45) is 5.14 Å². The number of sulfonamides is 1. The Hall–Kier alpha value is -2.85. The Morgan fingerprint density at radius 2 is 1.84 bits per heavy atom. The molecule has 0 radical (unpaired) electrons. The Bertz CT molecular complexity index is 1160. The Labute approximate surface area is 181 Å². The molecule has 0 unspecified atom stereocenters. The molecule has 164 valence electrons. The maximum Gasteiger partial charge on any atom is 0.238 e. The fourth-order valence-electron chi connectivity index (χ4n) is 3.33. The van der Waals surface area contributed by atoms with Crippen LogP contribution in [-0.4, -0.2) is 44.1 Å². The zero-order valence-corrected chi connectivity index (χ0v) is 17.9. The summed E-state index contributed by atoms with van der Waals surface area (Å²) in [7, 11) is -3.99. The summed E-state index contributed by atoms with van der Waals surface area (Å²) in [5.74, 6) is -0.243. The van der Waals surface area contributed by atoms with Gasteiger partial charge in [0.2, 0.25) is 15.9 Å². The number of pyridine rings is 1. The highest BCUT2D eigenvalue weighted by atomic mass is 32.2. The standard InChI is InChI=1S/C22H26N4O4S/c23-31(29,30)20-10-9-17(26-21(28)15-24-11-2-1-3-13-27)14-19(20)18-8-4-6-16-7-5-12-25-22(16)18/h4-10,12,14,24,27H,1-3,11,13,15H2,(H,26,28)(H2,23,29,30). The van der Waals surface area contributed by atoms with Crippen molar-refractivity contribution in [1.29, 1.82) is 0 Å². The average Bonchev–Trinajstić information content (AvgIpc) is 2.75. The van der Waals surface area contributed by atoms with E-state index < -0.39 is 10.0 Å². The van der Waals surface area contributed by atoms with Gasteiger partial charge in [-0.25, -0.2) is 13.6 Å². The van der Waals surface area contributed by atoms with Gasteiger partial charge < -0.3 is 15.7 Å². The van der Waals surface area contributed by atoms with Crippen LogP contribution >= 0.6 is 0 Å². The van der Waals surface area contributed by atoms with Crippen molar-refractivity contribution in [1.82, 2.24) is 10.3 Å². The van der Waals surface area contributed by atoms with E-state index in [0.717, 1.165) is 24.6 Å². The molecule has 5 N–H and O–H groups in total. The molecule has 2 aromatic carbocycles. The van der Waals surface area contributed by atoms with Gasteiger partial charge in [-0.1, -0.05) is 24.3 Å². The molecule has 3 rings (SSSR count). The van der Waals surface area contributed by atoms with Gasteiger partial charge in [0.1, 0.15) is 0 Å². The lowest BCUT2D eigenvalue weighted by molar-refractivity contribution is -0.115. The number of carbonyl (C=O) groups excluding carboxylic acids is 1. The number of para-hydroxylation sites is 1. The first-order valence-electron chi connectivity index (χ1n) is 10.0. The molecule has 0 fully saturated rings. The number of amides is 1. The number of hydrogen-bond donors (Lipinski definition) is 4. The molecule has 0 aliphatic rings. The monoisotopic (exact) mass is 442 g/mol. The van der Waals surface area contributed by atoms with Crippen LogP contribution in [0.4, 0.5) is 5.69 Å². The topological polar surface area (TPSA) is 134 Å². The molecule has 8 nitrogen and oxygen atoms in total. The van der Waals surface area contributed by atoms with Crippen LogP contribution in [0.1, 0.15) is 19.3 Å². The van der Waals surface area contributed by atoms with Crippen molar-refractivity contribution in [2.75, 3.05) is 25.0 Å². The van der Waals surface area contributed by atoms with Crippen LogP contribution in [0.3, 0.4) is 0 Å². The highest BCUT2D eigenvalue weighted by Crippen LogP contribution is 2.33. The third-order valence-corrected chi connectivity index (χ3v) is 5.76. The molecule has 3 aromatic rings. The summed E-state index contributed by atoms with van der Waals surface area (Å²) in [6, 6.07) is 13.7. The molecule has 0 aliphatic carbocycles. The highest BCUT2D eigenvalue weighted by Gasteiger charge is 2.18. The predicted molar refractivity (Wildman–Crippen MR) is 121 cm³/mol. The first-order valence-corrected chi connectivity index (χ1v) is 11.6. The third-order valence-electron chi connectivity index (χ3n) is 4.79. The number of nitrogens with two attached hydrogens (primary N) is 1. The molecule has 31 heavy (non-hydrogen) atoms. The second kappa shape index (κ2) is 10.5. The molecule has 0 atom stereocenters. The Balaban J connectivity index is 1.84. The number of aliphatic hydroxyl groups is 1. The van der Waals surface area contributed by atoms with E-state index >= 15 is 0 Å². The molecule has 0 saturated heterocycles. The van der Waals surface area contributed by atoms with Crippen LogP contribution in [0.5, 0.6) is 0 Å². The number of rotatable bonds is 10. The van der Waals surface area contributed by atoms with Crippen LogP contribution in [0.25, 0.3) is 22.0 Å². The van der Waals surface area contributed by atoms with Gasteiger partial charge in [0.05, 0.1) is 17.0 Å². The predicted octanol–water partition coefficient (Wildman–Crippen LogP) is 2.24. The minimum atomic E-state index is -3.99. The smallest absolute Gasteiger partial charge is 0.238 e. The first kappa shape index (κ1) is 22.8. The van der Waals surface area contributed by atoms with Crippen LogP contribution in [0.15, 0.2) is 59.6 Å². The Morgan fingerprint density at radius 1 is 1.03 bits per heavy atom. The van der Waals surface area contributed by atoms with E-state index in [1.807, 2.05) is 18.2 Å². The van der Waals surface area contributed by atoms with Crippen LogP contribution in [0.2, 0.25) is 0 Å². The van der Waals surface area contributed by atoms with E-state index in [4.69, 9.17) is 10.2 Å². The van der Waals surface area contributed by atoms with Gasteiger partial charge in [-0.15, -0.1) is 0 Å². The number of aliphatic hydroxyl groups excluding tert-OH is 1. The summed E-state index contributed by atoms with van der Waals surface area (Å²) in [5, 5.41) is 20.9. The van der Waals surface area contributed by atoms with Gasteiger partial charge in [-0.05, 0) is 50.1 Å².